The Morgan fingerprint density at radius 3 is 2.29 bits per heavy atom. The lowest BCUT2D eigenvalue weighted by atomic mass is 10.1. The predicted octanol–water partition coefficient (Wildman–Crippen LogP) is 4.90. The van der Waals surface area contributed by atoms with E-state index in [0.29, 0.717) is 22.9 Å². The summed E-state index contributed by atoms with van der Waals surface area (Å²) in [5.74, 6) is 1.04. The third kappa shape index (κ3) is 3.48. The SMILES string of the molecule is CC(=O)c1ccc(Nc2ncnc(Nc3cccc4ccccc34)c2N)cc1. The third-order valence-corrected chi connectivity index (χ3v) is 4.48. The topological polar surface area (TPSA) is 92.9 Å². The molecule has 1 heterocycles. The lowest BCUT2D eigenvalue weighted by Gasteiger charge is -2.14. The average molecular weight is 369 g/mol. The Hall–Kier alpha value is -3.93. The molecular formula is C22H19N5O. The number of rotatable bonds is 5. The number of carbonyl (C=O) groups is 1. The second kappa shape index (κ2) is 7.36. The van der Waals surface area contributed by atoms with Gasteiger partial charge in [-0.25, -0.2) is 9.97 Å². The fourth-order valence-corrected chi connectivity index (χ4v) is 2.98. The molecule has 28 heavy (non-hydrogen) atoms. The second-order valence-corrected chi connectivity index (χ2v) is 6.39. The number of nitrogens with two attached hydrogens (primary N) is 1. The van der Waals surface area contributed by atoms with Crippen LogP contribution in [0.15, 0.2) is 73.1 Å². The average Bonchev–Trinajstić information content (AvgIpc) is 2.71. The summed E-state index contributed by atoms with van der Waals surface area (Å²) >= 11 is 0. The monoisotopic (exact) mass is 369 g/mol. The number of carbonyl (C=O) groups excluding carboxylic acids is 1. The Bertz CT molecular complexity index is 1150. The third-order valence-electron chi connectivity index (χ3n) is 4.48. The molecule has 0 radical (unpaired) electrons. The van der Waals surface area contributed by atoms with Crippen LogP contribution >= 0.6 is 0 Å². The van der Waals surface area contributed by atoms with Crippen LogP contribution in [0.4, 0.5) is 28.7 Å². The van der Waals surface area contributed by atoms with Crippen LogP contribution in [0, 0.1) is 0 Å². The Labute approximate surface area is 162 Å². The molecule has 0 spiro atoms. The molecule has 4 aromatic rings. The van der Waals surface area contributed by atoms with Gasteiger partial charge in [0, 0.05) is 22.3 Å². The van der Waals surface area contributed by atoms with Crippen LogP contribution in [0.2, 0.25) is 0 Å². The van der Waals surface area contributed by atoms with Crippen molar-refractivity contribution in [2.75, 3.05) is 16.4 Å². The van der Waals surface area contributed by atoms with E-state index in [0.717, 1.165) is 22.1 Å². The molecule has 0 aliphatic rings. The highest BCUT2D eigenvalue weighted by molar-refractivity contribution is 5.96. The number of aromatic nitrogens is 2. The molecule has 4 rings (SSSR count). The molecule has 6 heteroatoms. The number of Topliss-reactive ketones (excluding diaryl/α,β-unsaturated/α-hetero) is 1. The number of benzene rings is 3. The van der Waals surface area contributed by atoms with E-state index in [4.69, 9.17) is 5.73 Å². The fraction of sp³-hybridized carbons (Fsp3) is 0.0455. The largest absolute Gasteiger partial charge is 0.393 e. The predicted molar refractivity (Wildman–Crippen MR) is 113 cm³/mol. The Morgan fingerprint density at radius 2 is 1.54 bits per heavy atom. The van der Waals surface area contributed by atoms with Crippen LogP contribution in [-0.4, -0.2) is 15.8 Å². The zero-order chi connectivity index (χ0) is 19.5. The molecule has 1 aromatic heterocycles. The van der Waals surface area contributed by atoms with Crippen LogP contribution in [0.5, 0.6) is 0 Å². The quantitative estimate of drug-likeness (QED) is 0.433. The molecule has 0 fully saturated rings. The van der Waals surface area contributed by atoms with Crippen LogP contribution in [0.1, 0.15) is 17.3 Å². The van der Waals surface area contributed by atoms with E-state index >= 15 is 0 Å². The van der Waals surface area contributed by atoms with Gasteiger partial charge in [0.15, 0.2) is 17.4 Å². The zero-order valence-electron chi connectivity index (χ0n) is 15.3. The van der Waals surface area contributed by atoms with Crippen molar-refractivity contribution in [2.45, 2.75) is 6.92 Å². The highest BCUT2D eigenvalue weighted by atomic mass is 16.1. The van der Waals surface area contributed by atoms with Gasteiger partial charge in [-0.15, -0.1) is 0 Å². The first-order chi connectivity index (χ1) is 13.6. The first-order valence-corrected chi connectivity index (χ1v) is 8.85. The normalized spacial score (nSPS) is 10.6. The summed E-state index contributed by atoms with van der Waals surface area (Å²) in [7, 11) is 0. The van der Waals surface area contributed by atoms with Crippen molar-refractivity contribution < 1.29 is 4.79 Å². The molecule has 138 valence electrons. The summed E-state index contributed by atoms with van der Waals surface area (Å²) in [5, 5.41) is 8.69. The standard InChI is InChI=1S/C22H19N5O/c1-14(28)15-9-11-17(12-10-15)26-21-20(23)22(25-13-24-21)27-19-8-4-6-16-5-2-3-7-18(16)19/h2-13H,23H2,1H3,(H2,24,25,26,27). The van der Waals surface area contributed by atoms with Gasteiger partial charge >= 0.3 is 0 Å². The smallest absolute Gasteiger partial charge is 0.159 e. The van der Waals surface area contributed by atoms with E-state index in [2.05, 4.69) is 32.7 Å². The van der Waals surface area contributed by atoms with Gasteiger partial charge in [0.05, 0.1) is 0 Å². The number of anilines is 5. The highest BCUT2D eigenvalue weighted by Gasteiger charge is 2.10. The maximum atomic E-state index is 11.4. The summed E-state index contributed by atoms with van der Waals surface area (Å²) in [4.78, 5) is 19.9. The van der Waals surface area contributed by atoms with Gasteiger partial charge in [0.25, 0.3) is 0 Å². The zero-order valence-corrected chi connectivity index (χ0v) is 15.3. The van der Waals surface area contributed by atoms with Gasteiger partial charge in [-0.05, 0) is 42.6 Å². The molecule has 4 N–H and O–H groups in total. The molecule has 0 unspecified atom stereocenters. The Kier molecular flexibility index (Phi) is 4.60. The lowest BCUT2D eigenvalue weighted by Crippen LogP contribution is -2.05. The number of nitrogen functional groups attached to an aromatic ring is 1. The molecular weight excluding hydrogens is 350 g/mol. The number of fused-ring (bicyclic) bond motifs is 1. The number of hydrogen-bond acceptors (Lipinski definition) is 6. The van der Waals surface area contributed by atoms with Crippen LogP contribution in [-0.2, 0) is 0 Å². The van der Waals surface area contributed by atoms with E-state index in [1.54, 1.807) is 12.1 Å². The number of ketones is 1. The van der Waals surface area contributed by atoms with Crippen LogP contribution in [0.25, 0.3) is 10.8 Å². The maximum absolute atomic E-state index is 11.4. The van der Waals surface area contributed by atoms with Gasteiger partial charge in [0.1, 0.15) is 12.0 Å². The van der Waals surface area contributed by atoms with Crippen molar-refractivity contribution in [1.29, 1.82) is 0 Å². The molecule has 0 aliphatic carbocycles. The summed E-state index contributed by atoms with van der Waals surface area (Å²) in [6.45, 7) is 1.54. The molecule has 0 bridgehead atoms. The van der Waals surface area contributed by atoms with Crippen molar-refractivity contribution in [3.8, 4) is 0 Å². The molecule has 0 aliphatic heterocycles. The number of hydrogen-bond donors (Lipinski definition) is 3. The van der Waals surface area contributed by atoms with E-state index in [9.17, 15) is 4.79 Å². The van der Waals surface area contributed by atoms with Crippen molar-refractivity contribution in [3.63, 3.8) is 0 Å². The minimum atomic E-state index is 0.0228. The first-order valence-electron chi connectivity index (χ1n) is 8.85. The van der Waals surface area contributed by atoms with E-state index < -0.39 is 0 Å². The summed E-state index contributed by atoms with van der Waals surface area (Å²) in [5.41, 5.74) is 9.06. The van der Waals surface area contributed by atoms with E-state index in [-0.39, 0.29) is 5.78 Å². The Balaban J connectivity index is 1.62. The minimum Gasteiger partial charge on any atom is -0.393 e. The Morgan fingerprint density at radius 1 is 0.857 bits per heavy atom. The molecule has 0 amide bonds. The van der Waals surface area contributed by atoms with Gasteiger partial charge in [-0.3, -0.25) is 4.79 Å². The van der Waals surface area contributed by atoms with Gasteiger partial charge in [0.2, 0.25) is 0 Å². The van der Waals surface area contributed by atoms with Crippen molar-refractivity contribution >= 4 is 45.3 Å². The molecule has 3 aromatic carbocycles. The summed E-state index contributed by atoms with van der Waals surface area (Å²) in [6.07, 6.45) is 1.45. The van der Waals surface area contributed by atoms with Crippen LogP contribution < -0.4 is 16.4 Å². The van der Waals surface area contributed by atoms with Crippen molar-refractivity contribution in [3.05, 3.63) is 78.6 Å². The molecule has 0 saturated carbocycles. The van der Waals surface area contributed by atoms with Gasteiger partial charge < -0.3 is 16.4 Å². The number of nitrogens with one attached hydrogen (secondary N) is 2. The number of nitrogens with zero attached hydrogens (tertiary/aromatic N) is 2. The summed E-state index contributed by atoms with van der Waals surface area (Å²) in [6, 6.07) is 21.3. The minimum absolute atomic E-state index is 0.0228. The lowest BCUT2D eigenvalue weighted by molar-refractivity contribution is 0.101. The van der Waals surface area contributed by atoms with E-state index in [1.807, 2.05) is 42.5 Å². The molecule has 0 saturated heterocycles. The van der Waals surface area contributed by atoms with E-state index in [1.165, 1.54) is 13.3 Å². The molecule has 0 atom stereocenters. The second-order valence-electron chi connectivity index (χ2n) is 6.39. The molecule has 6 nitrogen and oxygen atoms in total. The van der Waals surface area contributed by atoms with Crippen LogP contribution in [0.3, 0.4) is 0 Å². The first kappa shape index (κ1) is 17.5. The van der Waals surface area contributed by atoms with Crippen molar-refractivity contribution in [2.24, 2.45) is 0 Å². The van der Waals surface area contributed by atoms with Gasteiger partial charge in [-0.2, -0.15) is 0 Å². The van der Waals surface area contributed by atoms with Crippen molar-refractivity contribution in [1.82, 2.24) is 9.97 Å². The maximum Gasteiger partial charge on any atom is 0.159 e. The highest BCUT2D eigenvalue weighted by Crippen LogP contribution is 2.31. The fourth-order valence-electron chi connectivity index (χ4n) is 2.98. The van der Waals surface area contributed by atoms with Gasteiger partial charge in [-0.1, -0.05) is 36.4 Å². The summed E-state index contributed by atoms with van der Waals surface area (Å²) < 4.78 is 0.